The Kier molecular flexibility index (Phi) is 4.77. The lowest BCUT2D eigenvalue weighted by atomic mass is 9.94. The Hall–Kier alpha value is -1.06. The van der Waals surface area contributed by atoms with E-state index in [4.69, 9.17) is 5.11 Å². The van der Waals surface area contributed by atoms with Crippen molar-refractivity contribution >= 4 is 11.9 Å². The van der Waals surface area contributed by atoms with Crippen molar-refractivity contribution in [3.8, 4) is 0 Å². The maximum Gasteiger partial charge on any atom is 0.306 e. The highest BCUT2D eigenvalue weighted by molar-refractivity contribution is 5.79. The van der Waals surface area contributed by atoms with E-state index in [1.807, 2.05) is 18.7 Å². The minimum absolute atomic E-state index is 0.112. The van der Waals surface area contributed by atoms with Gasteiger partial charge in [0, 0.05) is 19.0 Å². The predicted molar refractivity (Wildman–Crippen MR) is 61.0 cm³/mol. The van der Waals surface area contributed by atoms with E-state index in [2.05, 4.69) is 0 Å². The standard InChI is InChI=1S/C12H21NO3/c1-3-9(4-2)11(14)13-7-5-10(6-8-13)12(15)16/h9-10H,3-8H2,1-2H3,(H,15,16). The van der Waals surface area contributed by atoms with Crippen LogP contribution in [0.15, 0.2) is 0 Å². The van der Waals surface area contributed by atoms with E-state index in [-0.39, 0.29) is 17.7 Å². The van der Waals surface area contributed by atoms with Gasteiger partial charge in [-0.05, 0) is 25.7 Å². The second-order valence-corrected chi connectivity index (χ2v) is 4.45. The zero-order valence-corrected chi connectivity index (χ0v) is 10.1. The van der Waals surface area contributed by atoms with Crippen molar-refractivity contribution in [3.63, 3.8) is 0 Å². The van der Waals surface area contributed by atoms with E-state index in [1.165, 1.54) is 0 Å². The molecule has 0 aliphatic carbocycles. The number of likely N-dealkylation sites (tertiary alicyclic amines) is 1. The van der Waals surface area contributed by atoms with Gasteiger partial charge in [0.15, 0.2) is 0 Å². The van der Waals surface area contributed by atoms with Gasteiger partial charge in [0.2, 0.25) is 5.91 Å². The minimum atomic E-state index is -0.727. The molecule has 1 amide bonds. The predicted octanol–water partition coefficient (Wildman–Crippen LogP) is 1.75. The number of amides is 1. The van der Waals surface area contributed by atoms with Crippen molar-refractivity contribution in [2.75, 3.05) is 13.1 Å². The van der Waals surface area contributed by atoms with Crippen molar-refractivity contribution < 1.29 is 14.7 Å². The molecule has 4 heteroatoms. The SMILES string of the molecule is CCC(CC)C(=O)N1CCC(C(=O)O)CC1. The fraction of sp³-hybridized carbons (Fsp3) is 0.833. The molecular formula is C12H21NO3. The number of carboxylic acid groups (broad SMARTS) is 1. The average Bonchev–Trinajstić information content (AvgIpc) is 2.30. The molecule has 0 radical (unpaired) electrons. The molecule has 1 aliphatic rings. The van der Waals surface area contributed by atoms with Crippen LogP contribution in [0.4, 0.5) is 0 Å². The highest BCUT2D eigenvalue weighted by Gasteiger charge is 2.29. The molecule has 0 spiro atoms. The Morgan fingerprint density at radius 3 is 2.12 bits per heavy atom. The molecular weight excluding hydrogens is 206 g/mol. The zero-order valence-electron chi connectivity index (χ0n) is 10.1. The van der Waals surface area contributed by atoms with Crippen LogP contribution in [0, 0.1) is 11.8 Å². The summed E-state index contributed by atoms with van der Waals surface area (Å²) in [5.74, 6) is -0.671. The van der Waals surface area contributed by atoms with Crippen LogP contribution >= 0.6 is 0 Å². The molecule has 0 unspecified atom stereocenters. The van der Waals surface area contributed by atoms with Crippen LogP contribution in [0.2, 0.25) is 0 Å². The number of carbonyl (C=O) groups is 2. The van der Waals surface area contributed by atoms with Crippen molar-refractivity contribution in [3.05, 3.63) is 0 Å². The normalized spacial score (nSPS) is 17.8. The first kappa shape index (κ1) is 13.0. The quantitative estimate of drug-likeness (QED) is 0.796. The van der Waals surface area contributed by atoms with E-state index in [0.29, 0.717) is 25.9 Å². The maximum absolute atomic E-state index is 12.0. The van der Waals surface area contributed by atoms with Gasteiger partial charge in [-0.1, -0.05) is 13.8 Å². The fourth-order valence-electron chi connectivity index (χ4n) is 2.24. The number of aliphatic carboxylic acids is 1. The lowest BCUT2D eigenvalue weighted by Crippen LogP contribution is -2.42. The van der Waals surface area contributed by atoms with Gasteiger partial charge in [0.1, 0.15) is 0 Å². The summed E-state index contributed by atoms with van der Waals surface area (Å²) in [6, 6.07) is 0. The highest BCUT2D eigenvalue weighted by atomic mass is 16.4. The summed E-state index contributed by atoms with van der Waals surface area (Å²) in [5, 5.41) is 8.86. The van der Waals surface area contributed by atoms with E-state index < -0.39 is 5.97 Å². The van der Waals surface area contributed by atoms with Crippen molar-refractivity contribution in [2.24, 2.45) is 11.8 Å². The molecule has 1 saturated heterocycles. The monoisotopic (exact) mass is 227 g/mol. The third kappa shape index (κ3) is 2.97. The number of carboxylic acids is 1. The lowest BCUT2D eigenvalue weighted by molar-refractivity contribution is -0.146. The first-order valence-electron chi connectivity index (χ1n) is 6.11. The van der Waals surface area contributed by atoms with Gasteiger partial charge in [-0.15, -0.1) is 0 Å². The highest BCUT2D eigenvalue weighted by Crippen LogP contribution is 2.20. The molecule has 0 saturated carbocycles. The molecule has 0 aromatic rings. The van der Waals surface area contributed by atoms with Gasteiger partial charge in [-0.3, -0.25) is 9.59 Å². The Balaban J connectivity index is 2.47. The molecule has 92 valence electrons. The van der Waals surface area contributed by atoms with Gasteiger partial charge in [-0.2, -0.15) is 0 Å². The number of carbonyl (C=O) groups excluding carboxylic acids is 1. The average molecular weight is 227 g/mol. The molecule has 0 bridgehead atoms. The topological polar surface area (TPSA) is 57.6 Å². The van der Waals surface area contributed by atoms with Crippen molar-refractivity contribution in [1.29, 1.82) is 0 Å². The van der Waals surface area contributed by atoms with Gasteiger partial charge in [0.25, 0.3) is 0 Å². The van der Waals surface area contributed by atoms with Crippen molar-refractivity contribution in [1.82, 2.24) is 4.90 Å². The molecule has 1 fully saturated rings. The molecule has 16 heavy (non-hydrogen) atoms. The minimum Gasteiger partial charge on any atom is -0.481 e. The third-order valence-corrected chi connectivity index (χ3v) is 3.49. The maximum atomic E-state index is 12.0. The van der Waals surface area contributed by atoms with Gasteiger partial charge >= 0.3 is 5.97 Å². The third-order valence-electron chi connectivity index (χ3n) is 3.49. The Morgan fingerprint density at radius 1 is 1.25 bits per heavy atom. The van der Waals surface area contributed by atoms with Crippen molar-refractivity contribution in [2.45, 2.75) is 39.5 Å². The van der Waals surface area contributed by atoms with Crippen LogP contribution in [-0.4, -0.2) is 35.0 Å². The fourth-order valence-corrected chi connectivity index (χ4v) is 2.24. The van der Waals surface area contributed by atoms with E-state index >= 15 is 0 Å². The molecule has 0 aromatic carbocycles. The zero-order chi connectivity index (χ0) is 12.1. The van der Waals surface area contributed by atoms with E-state index in [1.54, 1.807) is 0 Å². The summed E-state index contributed by atoms with van der Waals surface area (Å²) >= 11 is 0. The summed E-state index contributed by atoms with van der Waals surface area (Å²) in [7, 11) is 0. The van der Waals surface area contributed by atoms with Gasteiger partial charge < -0.3 is 10.0 Å². The van der Waals surface area contributed by atoms with Gasteiger partial charge in [-0.25, -0.2) is 0 Å². The van der Waals surface area contributed by atoms with Gasteiger partial charge in [0.05, 0.1) is 5.92 Å². The largest absolute Gasteiger partial charge is 0.481 e. The number of hydrogen-bond donors (Lipinski definition) is 1. The Labute approximate surface area is 96.6 Å². The molecule has 0 aromatic heterocycles. The van der Waals surface area contributed by atoms with Crippen LogP contribution < -0.4 is 0 Å². The first-order chi connectivity index (χ1) is 7.60. The number of piperidine rings is 1. The van der Waals surface area contributed by atoms with Crippen LogP contribution in [-0.2, 0) is 9.59 Å². The molecule has 1 N–H and O–H groups in total. The number of hydrogen-bond acceptors (Lipinski definition) is 2. The Morgan fingerprint density at radius 2 is 1.75 bits per heavy atom. The molecule has 4 nitrogen and oxygen atoms in total. The summed E-state index contributed by atoms with van der Waals surface area (Å²) in [6.45, 7) is 5.25. The summed E-state index contributed by atoms with van der Waals surface area (Å²) in [5.41, 5.74) is 0. The van der Waals surface area contributed by atoms with Crippen LogP contribution in [0.5, 0.6) is 0 Å². The number of nitrogens with zero attached hydrogens (tertiary/aromatic N) is 1. The smallest absolute Gasteiger partial charge is 0.306 e. The molecule has 0 atom stereocenters. The summed E-state index contributed by atoms with van der Waals surface area (Å²) in [6.07, 6.45) is 2.94. The molecule has 1 heterocycles. The van der Waals surface area contributed by atoms with E-state index in [0.717, 1.165) is 12.8 Å². The molecule has 1 aliphatic heterocycles. The second kappa shape index (κ2) is 5.87. The molecule has 1 rings (SSSR count). The Bertz CT molecular complexity index is 253. The first-order valence-corrected chi connectivity index (χ1v) is 6.11. The van der Waals surface area contributed by atoms with Crippen LogP contribution in [0.3, 0.4) is 0 Å². The second-order valence-electron chi connectivity index (χ2n) is 4.45. The number of rotatable bonds is 4. The summed E-state index contributed by atoms with van der Waals surface area (Å²) < 4.78 is 0. The van der Waals surface area contributed by atoms with Crippen LogP contribution in [0.25, 0.3) is 0 Å². The van der Waals surface area contributed by atoms with Crippen LogP contribution in [0.1, 0.15) is 39.5 Å². The van der Waals surface area contributed by atoms with E-state index in [9.17, 15) is 9.59 Å². The summed E-state index contributed by atoms with van der Waals surface area (Å²) in [4.78, 5) is 24.6. The lowest BCUT2D eigenvalue weighted by Gasteiger charge is -2.32.